The minimum absolute atomic E-state index is 0.00362. The second-order valence-corrected chi connectivity index (χ2v) is 20.3. The molecule has 0 radical (unpaired) electrons. The Kier molecular flexibility index (Phi) is 43.5. The van der Waals surface area contributed by atoms with Crippen LogP contribution in [0.1, 0.15) is 232 Å². The lowest BCUT2D eigenvalue weighted by Crippen LogP contribution is -2.45. The fraction of sp³-hybridized carbons (Fsp3) is 0.830. The average Bonchev–Trinajstić information content (AvgIpc) is 3.23. The normalized spacial score (nSPS) is 14.5. The molecule has 8 nitrogen and oxygen atoms in total. The number of hydrogen-bond donors (Lipinski definition) is 2. The zero-order valence-corrected chi connectivity index (χ0v) is 42.2. The molecule has 62 heavy (non-hydrogen) atoms. The summed E-state index contributed by atoms with van der Waals surface area (Å²) in [6.07, 6.45) is 57.3. The van der Waals surface area contributed by atoms with Crippen molar-refractivity contribution in [3.05, 3.63) is 48.6 Å². The number of nitrogens with zero attached hydrogens (tertiary/aromatic N) is 1. The van der Waals surface area contributed by atoms with Crippen molar-refractivity contribution in [3.8, 4) is 0 Å². The molecule has 0 aromatic heterocycles. The lowest BCUT2D eigenvalue weighted by molar-refractivity contribution is -0.870. The summed E-state index contributed by atoms with van der Waals surface area (Å²) in [6.45, 7) is 4.64. The van der Waals surface area contributed by atoms with Gasteiger partial charge < -0.3 is 28.8 Å². The van der Waals surface area contributed by atoms with E-state index in [2.05, 4.69) is 55.6 Å². The number of rotatable bonds is 47. The molecule has 364 valence electrons. The molecule has 3 atom stereocenters. The number of aliphatic hydroxyl groups excluding tert-OH is 1. The topological polar surface area (TPSA) is 108 Å². The van der Waals surface area contributed by atoms with Crippen molar-refractivity contribution in [1.29, 1.82) is 0 Å². The summed E-state index contributed by atoms with van der Waals surface area (Å²) in [7, 11) is 1.25. The van der Waals surface area contributed by atoms with E-state index in [1.165, 1.54) is 154 Å². The van der Waals surface area contributed by atoms with E-state index in [1.54, 1.807) is 6.08 Å². The van der Waals surface area contributed by atoms with Gasteiger partial charge in [0.1, 0.15) is 13.2 Å². The van der Waals surface area contributed by atoms with Crippen molar-refractivity contribution in [2.24, 2.45) is 0 Å². The molecule has 0 spiro atoms. The lowest BCUT2D eigenvalue weighted by Gasteiger charge is -2.29. The predicted molar refractivity (Wildman–Crippen MR) is 265 cm³/mol. The number of phosphoric ester groups is 1. The first kappa shape index (κ1) is 60.5. The van der Waals surface area contributed by atoms with Crippen LogP contribution >= 0.6 is 7.82 Å². The van der Waals surface area contributed by atoms with Crippen LogP contribution in [0.25, 0.3) is 0 Å². The minimum atomic E-state index is -4.60. The molecule has 0 aliphatic carbocycles. The highest BCUT2D eigenvalue weighted by molar-refractivity contribution is 7.45. The molecule has 0 saturated carbocycles. The number of aliphatic hydroxyl groups is 1. The van der Waals surface area contributed by atoms with Crippen LogP contribution in [0.4, 0.5) is 0 Å². The van der Waals surface area contributed by atoms with E-state index in [4.69, 9.17) is 9.05 Å². The zero-order chi connectivity index (χ0) is 45.7. The quantitative estimate of drug-likeness (QED) is 0.0273. The minimum Gasteiger partial charge on any atom is -0.756 e. The maximum Gasteiger partial charge on any atom is 0.268 e. The maximum absolute atomic E-state index is 12.9. The van der Waals surface area contributed by atoms with Crippen molar-refractivity contribution in [1.82, 2.24) is 5.32 Å². The number of amides is 1. The van der Waals surface area contributed by atoms with Gasteiger partial charge in [-0.3, -0.25) is 9.36 Å². The predicted octanol–water partition coefficient (Wildman–Crippen LogP) is 14.6. The third-order valence-corrected chi connectivity index (χ3v) is 12.5. The number of likely N-dealkylation sites (N-methyl/N-ethyl adjacent to an activating group) is 1. The fourth-order valence-corrected chi connectivity index (χ4v) is 8.12. The number of phosphoric acid groups is 1. The van der Waals surface area contributed by atoms with Crippen molar-refractivity contribution < 1.29 is 32.9 Å². The van der Waals surface area contributed by atoms with Gasteiger partial charge in [0.15, 0.2) is 0 Å². The standard InChI is InChI=1S/C53H101N2O6P/c1-6-8-10-12-14-16-18-20-22-24-25-26-27-28-29-31-33-35-37-39-41-43-45-47-53(57)54-51(50-61-62(58,59)60-49-48-55(3,4)5)52(56)46-44-42-40-38-36-34-32-30-23-21-19-17-15-13-11-9-7-2/h18,20,24-25,27-28,44,46,51-52,56H,6-17,19,21-23,26,29-43,45,47-50H2,1-5H3,(H-,54,57,58,59)/b20-18-,25-24-,28-27-,46-44+. The molecule has 9 heteroatoms. The summed E-state index contributed by atoms with van der Waals surface area (Å²) in [5.41, 5.74) is 0. The third kappa shape index (κ3) is 46.5. The Labute approximate surface area is 384 Å². The Morgan fingerprint density at radius 2 is 0.935 bits per heavy atom. The van der Waals surface area contributed by atoms with Crippen molar-refractivity contribution in [2.75, 3.05) is 40.9 Å². The molecule has 0 rings (SSSR count). The van der Waals surface area contributed by atoms with E-state index in [0.29, 0.717) is 17.4 Å². The van der Waals surface area contributed by atoms with Crippen molar-refractivity contribution in [3.63, 3.8) is 0 Å². The number of carbonyl (C=O) groups excluding carboxylic acids is 1. The number of hydrogen-bond acceptors (Lipinski definition) is 6. The highest BCUT2D eigenvalue weighted by atomic mass is 31.2. The summed E-state index contributed by atoms with van der Waals surface area (Å²) >= 11 is 0. The van der Waals surface area contributed by atoms with Crippen LogP contribution in [-0.2, 0) is 18.4 Å². The van der Waals surface area contributed by atoms with Crippen LogP contribution in [0, 0.1) is 0 Å². The van der Waals surface area contributed by atoms with Crippen LogP contribution < -0.4 is 10.2 Å². The molecule has 0 heterocycles. The first-order valence-electron chi connectivity index (χ1n) is 26.0. The lowest BCUT2D eigenvalue weighted by atomic mass is 10.0. The van der Waals surface area contributed by atoms with Gasteiger partial charge in [0.25, 0.3) is 7.82 Å². The van der Waals surface area contributed by atoms with Gasteiger partial charge >= 0.3 is 0 Å². The molecule has 2 N–H and O–H groups in total. The molecule has 0 aliphatic rings. The fourth-order valence-electron chi connectivity index (χ4n) is 7.40. The van der Waals surface area contributed by atoms with Crippen LogP contribution in [0.5, 0.6) is 0 Å². The SMILES string of the molecule is CCCCCCC/C=C\C/C=C\C/C=C\CCCCCCCCCCC(=O)NC(COP(=O)([O-])OCC[N+](C)(C)C)C(O)/C=C/CCCCCCCCCCCCCCCCC. The van der Waals surface area contributed by atoms with Crippen LogP contribution in [0.2, 0.25) is 0 Å². The highest BCUT2D eigenvalue weighted by Crippen LogP contribution is 2.38. The number of nitrogens with one attached hydrogen (secondary N) is 1. The zero-order valence-electron chi connectivity index (χ0n) is 41.3. The summed E-state index contributed by atoms with van der Waals surface area (Å²) in [4.78, 5) is 25.4. The van der Waals surface area contributed by atoms with Gasteiger partial charge in [-0.05, 0) is 57.8 Å². The van der Waals surface area contributed by atoms with E-state index < -0.39 is 20.0 Å². The highest BCUT2D eigenvalue weighted by Gasteiger charge is 2.23. The van der Waals surface area contributed by atoms with Gasteiger partial charge in [-0.1, -0.05) is 217 Å². The van der Waals surface area contributed by atoms with Gasteiger partial charge in [0.2, 0.25) is 5.91 Å². The Hall–Kier alpha value is -1.54. The van der Waals surface area contributed by atoms with Crippen molar-refractivity contribution in [2.45, 2.75) is 244 Å². The molecular weight excluding hydrogens is 792 g/mol. The van der Waals surface area contributed by atoms with Gasteiger partial charge in [-0.15, -0.1) is 0 Å². The Balaban J connectivity index is 4.32. The number of unbranched alkanes of at least 4 members (excludes halogenated alkanes) is 28. The molecule has 0 fully saturated rings. The molecule has 0 aliphatic heterocycles. The molecular formula is C53H101N2O6P. The molecule has 0 aromatic carbocycles. The Bertz CT molecular complexity index is 1150. The van der Waals surface area contributed by atoms with Crippen molar-refractivity contribution >= 4 is 13.7 Å². The second-order valence-electron chi connectivity index (χ2n) is 18.9. The smallest absolute Gasteiger partial charge is 0.268 e. The first-order valence-corrected chi connectivity index (χ1v) is 27.5. The summed E-state index contributed by atoms with van der Waals surface area (Å²) < 4.78 is 23.3. The van der Waals surface area contributed by atoms with Crippen LogP contribution in [0.3, 0.4) is 0 Å². The monoisotopic (exact) mass is 893 g/mol. The number of allylic oxidation sites excluding steroid dienone is 7. The van der Waals surface area contributed by atoms with Gasteiger partial charge in [0, 0.05) is 6.42 Å². The Morgan fingerprint density at radius 3 is 1.35 bits per heavy atom. The Morgan fingerprint density at radius 1 is 0.565 bits per heavy atom. The second kappa shape index (κ2) is 44.7. The largest absolute Gasteiger partial charge is 0.756 e. The molecule has 1 amide bonds. The number of carbonyl (C=O) groups is 1. The van der Waals surface area contributed by atoms with E-state index >= 15 is 0 Å². The molecule has 0 bridgehead atoms. The maximum atomic E-state index is 12.9. The van der Waals surface area contributed by atoms with Crippen LogP contribution in [-0.4, -0.2) is 68.5 Å². The average molecular weight is 893 g/mol. The summed E-state index contributed by atoms with van der Waals surface area (Å²) in [6, 6.07) is -0.891. The van der Waals surface area contributed by atoms with Gasteiger partial charge in [-0.2, -0.15) is 0 Å². The molecule has 0 saturated heterocycles. The van der Waals surface area contributed by atoms with Crippen LogP contribution in [0.15, 0.2) is 48.6 Å². The van der Waals surface area contributed by atoms with E-state index in [9.17, 15) is 19.4 Å². The molecule has 0 aromatic rings. The van der Waals surface area contributed by atoms with Gasteiger partial charge in [-0.25, -0.2) is 0 Å². The van der Waals surface area contributed by atoms with E-state index in [1.807, 2.05) is 27.2 Å². The van der Waals surface area contributed by atoms with E-state index in [0.717, 1.165) is 57.8 Å². The first-order chi connectivity index (χ1) is 30.0. The van der Waals surface area contributed by atoms with Gasteiger partial charge in [0.05, 0.1) is 39.9 Å². The third-order valence-electron chi connectivity index (χ3n) is 11.5. The molecule has 3 unspecified atom stereocenters. The summed E-state index contributed by atoms with van der Waals surface area (Å²) in [5, 5.41) is 13.8. The summed E-state index contributed by atoms with van der Waals surface area (Å²) in [5.74, 6) is -0.205. The number of quaternary nitrogens is 1. The van der Waals surface area contributed by atoms with E-state index in [-0.39, 0.29) is 19.1 Å².